The molecule has 2 heterocycles. The highest BCUT2D eigenvalue weighted by molar-refractivity contribution is 8.01. The molecule has 2 aliphatic rings. The Hall–Kier alpha value is -3.00. The summed E-state index contributed by atoms with van der Waals surface area (Å²) in [7, 11) is 1.56. The van der Waals surface area contributed by atoms with E-state index in [1.54, 1.807) is 42.3 Å². The van der Waals surface area contributed by atoms with Crippen molar-refractivity contribution >= 4 is 40.9 Å². The van der Waals surface area contributed by atoms with E-state index < -0.39 is 5.25 Å². The van der Waals surface area contributed by atoms with Crippen LogP contribution in [0.3, 0.4) is 0 Å². The summed E-state index contributed by atoms with van der Waals surface area (Å²) in [4.78, 5) is 42.9. The van der Waals surface area contributed by atoms with E-state index in [4.69, 9.17) is 4.74 Å². The van der Waals surface area contributed by atoms with Gasteiger partial charge in [0.1, 0.15) is 12.3 Å². The largest absolute Gasteiger partial charge is 0.497 e. The molecule has 0 unspecified atom stereocenters. The Morgan fingerprint density at radius 2 is 1.90 bits per heavy atom. The molecule has 2 aromatic carbocycles. The summed E-state index contributed by atoms with van der Waals surface area (Å²) < 4.78 is 5.18. The van der Waals surface area contributed by atoms with E-state index in [-0.39, 0.29) is 24.3 Å². The molecule has 0 saturated carbocycles. The van der Waals surface area contributed by atoms with Crippen LogP contribution in [0.5, 0.6) is 5.75 Å². The van der Waals surface area contributed by atoms with Gasteiger partial charge in [0.05, 0.1) is 12.8 Å². The predicted molar refractivity (Wildman–Crippen MR) is 116 cm³/mol. The van der Waals surface area contributed by atoms with Crippen LogP contribution in [0.15, 0.2) is 53.4 Å². The van der Waals surface area contributed by atoms with Crippen LogP contribution >= 0.6 is 11.8 Å². The van der Waals surface area contributed by atoms with Crippen LogP contribution in [0.1, 0.15) is 12.8 Å². The average Bonchev–Trinajstić information content (AvgIpc) is 3.30. The summed E-state index contributed by atoms with van der Waals surface area (Å²) in [5.41, 5.74) is 1.23. The van der Waals surface area contributed by atoms with Gasteiger partial charge in [-0.25, -0.2) is 0 Å². The van der Waals surface area contributed by atoms with Crippen LogP contribution in [0.4, 0.5) is 11.4 Å². The standard InChI is InChI=1S/C22H23N3O4S/c1-29-16-8-6-7-15(13-16)23-19(26)14-25-17-9-2-3-10-18(17)30-20(22(25)28)21(27)24-11-4-5-12-24/h2-3,6-10,13,20H,4-5,11-12,14H2,1H3,(H,23,26)/t20-/m0/s1. The maximum atomic E-state index is 13.2. The number of nitrogens with zero attached hydrogens (tertiary/aromatic N) is 2. The first-order chi connectivity index (χ1) is 14.6. The van der Waals surface area contributed by atoms with E-state index in [1.165, 1.54) is 16.7 Å². The Bertz CT molecular complexity index is 974. The van der Waals surface area contributed by atoms with Crippen molar-refractivity contribution in [3.05, 3.63) is 48.5 Å². The predicted octanol–water partition coefficient (Wildman–Crippen LogP) is 2.76. The van der Waals surface area contributed by atoms with Gasteiger partial charge in [0, 0.05) is 29.7 Å². The molecule has 3 amide bonds. The van der Waals surface area contributed by atoms with Crippen LogP contribution in [-0.4, -0.2) is 54.6 Å². The number of carbonyl (C=O) groups excluding carboxylic acids is 3. The molecule has 7 nitrogen and oxygen atoms in total. The highest BCUT2D eigenvalue weighted by Crippen LogP contribution is 2.40. The fraction of sp³-hybridized carbons (Fsp3) is 0.318. The van der Waals surface area contributed by atoms with E-state index in [9.17, 15) is 14.4 Å². The number of hydrogen-bond acceptors (Lipinski definition) is 5. The number of likely N-dealkylation sites (tertiary alicyclic amines) is 1. The van der Waals surface area contributed by atoms with Gasteiger partial charge in [0.25, 0.3) is 5.91 Å². The zero-order valence-electron chi connectivity index (χ0n) is 16.7. The van der Waals surface area contributed by atoms with Crippen molar-refractivity contribution in [3.8, 4) is 5.75 Å². The number of anilines is 2. The smallest absolute Gasteiger partial charge is 0.250 e. The van der Waals surface area contributed by atoms with Crippen molar-refractivity contribution in [3.63, 3.8) is 0 Å². The quantitative estimate of drug-likeness (QED) is 0.746. The lowest BCUT2D eigenvalue weighted by Crippen LogP contribution is -2.51. The van der Waals surface area contributed by atoms with Crippen molar-refractivity contribution in [2.24, 2.45) is 0 Å². The summed E-state index contributed by atoms with van der Waals surface area (Å²) in [5.74, 6) is -0.239. The number of amides is 3. The summed E-state index contributed by atoms with van der Waals surface area (Å²) in [6.07, 6.45) is 1.92. The second kappa shape index (κ2) is 8.79. The normalized spacial score (nSPS) is 18.2. The number of benzene rings is 2. The third-order valence-electron chi connectivity index (χ3n) is 5.19. The first kappa shape index (κ1) is 20.3. The highest BCUT2D eigenvalue weighted by Gasteiger charge is 2.41. The summed E-state index contributed by atoms with van der Waals surface area (Å²) >= 11 is 1.27. The number of rotatable bonds is 5. The molecule has 0 aliphatic carbocycles. The number of fused-ring (bicyclic) bond motifs is 1. The molecule has 30 heavy (non-hydrogen) atoms. The SMILES string of the molecule is COc1cccc(NC(=O)CN2C(=O)[C@H](C(=O)N3CCCC3)Sc3ccccc32)c1. The van der Waals surface area contributed by atoms with Gasteiger partial charge >= 0.3 is 0 Å². The number of nitrogens with one attached hydrogen (secondary N) is 1. The monoisotopic (exact) mass is 425 g/mol. The number of ether oxygens (including phenoxy) is 1. The molecule has 8 heteroatoms. The first-order valence-electron chi connectivity index (χ1n) is 9.86. The molecule has 0 aromatic heterocycles. The van der Waals surface area contributed by atoms with E-state index in [2.05, 4.69) is 5.32 Å². The van der Waals surface area contributed by atoms with E-state index >= 15 is 0 Å². The molecule has 156 valence electrons. The number of carbonyl (C=O) groups is 3. The Kier molecular flexibility index (Phi) is 5.94. The summed E-state index contributed by atoms with van der Waals surface area (Å²) in [6.45, 7) is 1.19. The fourth-order valence-corrected chi connectivity index (χ4v) is 4.87. The second-order valence-electron chi connectivity index (χ2n) is 7.20. The molecular weight excluding hydrogens is 402 g/mol. The Morgan fingerprint density at radius 1 is 1.13 bits per heavy atom. The minimum absolute atomic E-state index is 0.169. The summed E-state index contributed by atoms with van der Waals surface area (Å²) in [6, 6.07) is 14.4. The topological polar surface area (TPSA) is 79.0 Å². The number of thioether (sulfide) groups is 1. The van der Waals surface area contributed by atoms with Crippen molar-refractivity contribution in [1.82, 2.24) is 4.90 Å². The average molecular weight is 426 g/mol. The van der Waals surface area contributed by atoms with Crippen molar-refractivity contribution in [2.75, 3.05) is 37.0 Å². The van der Waals surface area contributed by atoms with Crippen molar-refractivity contribution < 1.29 is 19.1 Å². The Morgan fingerprint density at radius 3 is 2.67 bits per heavy atom. The zero-order chi connectivity index (χ0) is 21.1. The minimum atomic E-state index is -0.859. The third-order valence-corrected chi connectivity index (χ3v) is 6.43. The van der Waals surface area contributed by atoms with E-state index in [1.807, 2.05) is 18.2 Å². The number of methoxy groups -OCH3 is 1. The molecule has 1 fully saturated rings. The van der Waals surface area contributed by atoms with Gasteiger partial charge in [-0.2, -0.15) is 0 Å². The lowest BCUT2D eigenvalue weighted by Gasteiger charge is -2.34. The molecule has 2 aromatic rings. The van der Waals surface area contributed by atoms with Gasteiger partial charge in [-0.1, -0.05) is 18.2 Å². The molecule has 0 radical (unpaired) electrons. The Labute approximate surface area is 179 Å². The van der Waals surface area contributed by atoms with Crippen LogP contribution < -0.4 is 15.0 Å². The molecule has 1 saturated heterocycles. The molecule has 1 N–H and O–H groups in total. The van der Waals surface area contributed by atoms with Gasteiger partial charge in [0.2, 0.25) is 11.8 Å². The molecule has 0 spiro atoms. The highest BCUT2D eigenvalue weighted by atomic mass is 32.2. The van der Waals surface area contributed by atoms with Crippen molar-refractivity contribution in [2.45, 2.75) is 23.0 Å². The lowest BCUT2D eigenvalue weighted by atomic mass is 10.2. The number of hydrogen-bond donors (Lipinski definition) is 1. The van der Waals surface area contributed by atoms with Crippen LogP contribution in [0.2, 0.25) is 0 Å². The molecule has 2 aliphatic heterocycles. The van der Waals surface area contributed by atoms with Gasteiger partial charge in [-0.3, -0.25) is 14.4 Å². The van der Waals surface area contributed by atoms with Gasteiger partial charge in [-0.15, -0.1) is 11.8 Å². The van der Waals surface area contributed by atoms with Gasteiger partial charge in [0.15, 0.2) is 5.25 Å². The van der Waals surface area contributed by atoms with Crippen LogP contribution in [0, 0.1) is 0 Å². The van der Waals surface area contributed by atoms with Crippen LogP contribution in [0.25, 0.3) is 0 Å². The molecular formula is C22H23N3O4S. The van der Waals surface area contributed by atoms with Crippen molar-refractivity contribution in [1.29, 1.82) is 0 Å². The lowest BCUT2D eigenvalue weighted by molar-refractivity contribution is -0.134. The van der Waals surface area contributed by atoms with E-state index in [0.717, 1.165) is 17.7 Å². The second-order valence-corrected chi connectivity index (χ2v) is 8.35. The molecule has 0 bridgehead atoms. The van der Waals surface area contributed by atoms with Gasteiger partial charge in [-0.05, 0) is 37.1 Å². The molecule has 4 rings (SSSR count). The van der Waals surface area contributed by atoms with Crippen LogP contribution in [-0.2, 0) is 14.4 Å². The minimum Gasteiger partial charge on any atom is -0.497 e. The van der Waals surface area contributed by atoms with E-state index in [0.29, 0.717) is 30.2 Å². The maximum absolute atomic E-state index is 13.2. The van der Waals surface area contributed by atoms with Gasteiger partial charge < -0.3 is 19.9 Å². The fourth-order valence-electron chi connectivity index (χ4n) is 3.68. The maximum Gasteiger partial charge on any atom is 0.250 e. The number of para-hydroxylation sites is 1. The molecule has 1 atom stereocenters. The summed E-state index contributed by atoms with van der Waals surface area (Å²) in [5, 5.41) is 1.94. The third kappa shape index (κ3) is 4.14. The first-order valence-corrected chi connectivity index (χ1v) is 10.7. The Balaban J connectivity index is 1.54. The zero-order valence-corrected chi connectivity index (χ0v) is 17.5.